The third kappa shape index (κ3) is 3.94. The van der Waals surface area contributed by atoms with Gasteiger partial charge in [-0.1, -0.05) is 0 Å². The van der Waals surface area contributed by atoms with E-state index in [0.29, 0.717) is 12.3 Å². The summed E-state index contributed by atoms with van der Waals surface area (Å²) in [5, 5.41) is 5.17. The van der Waals surface area contributed by atoms with Crippen molar-refractivity contribution < 1.29 is 9.13 Å². The molecular formula is C21H26FN5O. The lowest BCUT2D eigenvalue weighted by molar-refractivity contribution is 0.206. The molecule has 0 aromatic carbocycles. The third-order valence-corrected chi connectivity index (χ3v) is 4.89. The SMILES string of the molecule is CNC(C)(C)c1cnc(OC)c2cnc(Cc3ccnc(C(C)(C)F)n3)cc12. The molecule has 1 N–H and O–H groups in total. The second-order valence-electron chi connectivity index (χ2n) is 7.80. The maximum Gasteiger partial charge on any atom is 0.222 e. The van der Waals surface area contributed by atoms with Gasteiger partial charge in [0, 0.05) is 36.2 Å². The first-order valence-electron chi connectivity index (χ1n) is 9.18. The Morgan fingerprint density at radius 1 is 1.04 bits per heavy atom. The monoisotopic (exact) mass is 383 g/mol. The molecule has 148 valence electrons. The van der Waals surface area contributed by atoms with Crippen molar-refractivity contribution in [3.8, 4) is 5.88 Å². The Morgan fingerprint density at radius 3 is 2.43 bits per heavy atom. The van der Waals surface area contributed by atoms with Crippen molar-refractivity contribution in [2.45, 2.75) is 45.3 Å². The smallest absolute Gasteiger partial charge is 0.222 e. The minimum atomic E-state index is -1.59. The van der Waals surface area contributed by atoms with Crippen molar-refractivity contribution in [2.75, 3.05) is 14.2 Å². The summed E-state index contributed by atoms with van der Waals surface area (Å²) < 4.78 is 19.6. The molecule has 6 nitrogen and oxygen atoms in total. The maximum atomic E-state index is 14.2. The van der Waals surface area contributed by atoms with Crippen LogP contribution in [-0.2, 0) is 17.6 Å². The molecule has 3 rings (SSSR count). The molecule has 0 atom stereocenters. The highest BCUT2D eigenvalue weighted by molar-refractivity contribution is 5.89. The average Bonchev–Trinajstić information content (AvgIpc) is 2.66. The lowest BCUT2D eigenvalue weighted by atomic mass is 9.91. The Labute approximate surface area is 164 Å². The van der Waals surface area contributed by atoms with Crippen molar-refractivity contribution >= 4 is 10.8 Å². The van der Waals surface area contributed by atoms with Gasteiger partial charge in [-0.15, -0.1) is 0 Å². The predicted molar refractivity (Wildman–Crippen MR) is 107 cm³/mol. The Morgan fingerprint density at radius 2 is 1.79 bits per heavy atom. The largest absolute Gasteiger partial charge is 0.481 e. The standard InChI is InChI=1S/C21H26FN5O/c1-20(2,22)19-24-8-7-13(27-19)9-14-10-15-16(11-25-14)18(28-6)26-12-17(15)21(3,4)23-5/h7-8,10-12,23H,9H2,1-6H3. The van der Waals surface area contributed by atoms with Crippen LogP contribution < -0.4 is 10.1 Å². The fraction of sp³-hybridized carbons (Fsp3) is 0.429. The number of pyridine rings is 2. The van der Waals surface area contributed by atoms with Crippen LogP contribution in [0.2, 0.25) is 0 Å². The number of halogens is 1. The summed E-state index contributed by atoms with van der Waals surface area (Å²) in [6.45, 7) is 7.09. The fourth-order valence-corrected chi connectivity index (χ4v) is 3.01. The van der Waals surface area contributed by atoms with E-state index in [2.05, 4.69) is 39.1 Å². The molecule has 0 spiro atoms. The van der Waals surface area contributed by atoms with Crippen LogP contribution in [0.5, 0.6) is 5.88 Å². The van der Waals surface area contributed by atoms with Crippen molar-refractivity contribution in [1.82, 2.24) is 25.3 Å². The van der Waals surface area contributed by atoms with Gasteiger partial charge in [0.25, 0.3) is 0 Å². The topological polar surface area (TPSA) is 72.8 Å². The Bertz CT molecular complexity index is 998. The second kappa shape index (κ2) is 7.39. The van der Waals surface area contributed by atoms with E-state index in [9.17, 15) is 4.39 Å². The third-order valence-electron chi connectivity index (χ3n) is 4.89. The van der Waals surface area contributed by atoms with E-state index in [-0.39, 0.29) is 11.4 Å². The highest BCUT2D eigenvalue weighted by Gasteiger charge is 2.24. The molecule has 0 amide bonds. The van der Waals surface area contributed by atoms with Crippen LogP contribution in [0.4, 0.5) is 4.39 Å². The first-order chi connectivity index (χ1) is 13.2. The van der Waals surface area contributed by atoms with Crippen LogP contribution in [0, 0.1) is 0 Å². The molecule has 0 radical (unpaired) electrons. The Balaban J connectivity index is 2.08. The summed E-state index contributed by atoms with van der Waals surface area (Å²) >= 11 is 0. The van der Waals surface area contributed by atoms with E-state index in [4.69, 9.17) is 4.74 Å². The van der Waals surface area contributed by atoms with E-state index in [1.54, 1.807) is 25.6 Å². The summed E-state index contributed by atoms with van der Waals surface area (Å²) in [4.78, 5) is 17.4. The van der Waals surface area contributed by atoms with Crippen LogP contribution in [-0.4, -0.2) is 34.1 Å². The number of alkyl halides is 1. The first kappa shape index (κ1) is 20.1. The van der Waals surface area contributed by atoms with Gasteiger partial charge in [-0.25, -0.2) is 19.3 Å². The molecule has 0 aliphatic rings. The van der Waals surface area contributed by atoms with Gasteiger partial charge >= 0.3 is 0 Å². The molecule has 0 saturated heterocycles. The molecular weight excluding hydrogens is 357 g/mol. The van der Waals surface area contributed by atoms with Crippen molar-refractivity contribution in [3.63, 3.8) is 0 Å². The van der Waals surface area contributed by atoms with E-state index in [1.807, 2.05) is 19.3 Å². The second-order valence-corrected chi connectivity index (χ2v) is 7.80. The molecule has 7 heteroatoms. The van der Waals surface area contributed by atoms with Crippen LogP contribution in [0.3, 0.4) is 0 Å². The van der Waals surface area contributed by atoms with E-state index >= 15 is 0 Å². The van der Waals surface area contributed by atoms with Crippen LogP contribution in [0.15, 0.2) is 30.7 Å². The van der Waals surface area contributed by atoms with Gasteiger partial charge in [0.15, 0.2) is 11.5 Å². The van der Waals surface area contributed by atoms with Crippen LogP contribution in [0.25, 0.3) is 10.8 Å². The molecule has 0 saturated carbocycles. The zero-order valence-corrected chi connectivity index (χ0v) is 17.2. The normalized spacial score (nSPS) is 12.4. The Hall–Kier alpha value is -2.67. The van der Waals surface area contributed by atoms with Gasteiger partial charge in [0.05, 0.1) is 18.2 Å². The van der Waals surface area contributed by atoms with Gasteiger partial charge in [0.1, 0.15) is 0 Å². The molecule has 0 bridgehead atoms. The minimum absolute atomic E-state index is 0.175. The van der Waals surface area contributed by atoms with E-state index < -0.39 is 5.67 Å². The lowest BCUT2D eigenvalue weighted by Crippen LogP contribution is -2.33. The van der Waals surface area contributed by atoms with Crippen molar-refractivity contribution in [3.05, 3.63) is 53.5 Å². The Kier molecular flexibility index (Phi) is 5.30. The van der Waals surface area contributed by atoms with Gasteiger partial charge in [-0.2, -0.15) is 0 Å². The summed E-state index contributed by atoms with van der Waals surface area (Å²) in [5.74, 6) is 0.710. The van der Waals surface area contributed by atoms with Gasteiger partial charge < -0.3 is 10.1 Å². The zero-order valence-electron chi connectivity index (χ0n) is 17.2. The number of aromatic nitrogens is 4. The van der Waals surface area contributed by atoms with Gasteiger partial charge in [-0.3, -0.25) is 4.98 Å². The molecule has 0 unspecified atom stereocenters. The fourth-order valence-electron chi connectivity index (χ4n) is 3.01. The van der Waals surface area contributed by atoms with Gasteiger partial charge in [0.2, 0.25) is 5.88 Å². The summed E-state index contributed by atoms with van der Waals surface area (Å²) in [6.07, 6.45) is 5.66. The summed E-state index contributed by atoms with van der Waals surface area (Å²) in [5.41, 5.74) is 0.725. The number of nitrogens with one attached hydrogen (secondary N) is 1. The number of ether oxygens (including phenoxy) is 1. The quantitative estimate of drug-likeness (QED) is 0.700. The van der Waals surface area contributed by atoms with E-state index in [0.717, 1.165) is 27.7 Å². The minimum Gasteiger partial charge on any atom is -0.481 e. The average molecular weight is 383 g/mol. The highest BCUT2D eigenvalue weighted by atomic mass is 19.1. The lowest BCUT2D eigenvalue weighted by Gasteiger charge is -2.26. The molecule has 3 aromatic rings. The predicted octanol–water partition coefficient (Wildman–Crippen LogP) is 3.68. The summed E-state index contributed by atoms with van der Waals surface area (Å²) in [6, 6.07) is 3.81. The molecule has 0 aliphatic heterocycles. The highest BCUT2D eigenvalue weighted by Crippen LogP contribution is 2.32. The van der Waals surface area contributed by atoms with E-state index in [1.165, 1.54) is 13.8 Å². The van der Waals surface area contributed by atoms with Crippen LogP contribution in [0.1, 0.15) is 50.5 Å². The number of nitrogens with zero attached hydrogens (tertiary/aromatic N) is 4. The van der Waals surface area contributed by atoms with Crippen molar-refractivity contribution in [2.24, 2.45) is 0 Å². The van der Waals surface area contributed by atoms with Crippen molar-refractivity contribution in [1.29, 1.82) is 0 Å². The molecule has 0 aliphatic carbocycles. The molecule has 3 aromatic heterocycles. The van der Waals surface area contributed by atoms with Gasteiger partial charge in [-0.05, 0) is 57.8 Å². The van der Waals surface area contributed by atoms with Crippen LogP contribution >= 0.6 is 0 Å². The molecule has 28 heavy (non-hydrogen) atoms. The maximum absolute atomic E-state index is 14.2. The number of fused-ring (bicyclic) bond motifs is 1. The summed E-state index contributed by atoms with van der Waals surface area (Å²) in [7, 11) is 3.51. The molecule has 0 fully saturated rings. The number of hydrogen-bond donors (Lipinski definition) is 1. The first-order valence-corrected chi connectivity index (χ1v) is 9.18. The number of methoxy groups -OCH3 is 1. The number of rotatable bonds is 6. The number of hydrogen-bond acceptors (Lipinski definition) is 6. The molecule has 3 heterocycles. The zero-order chi connectivity index (χ0) is 20.5.